The Balaban J connectivity index is 2.07. The van der Waals surface area contributed by atoms with Crippen LogP contribution in [0, 0.1) is 5.82 Å². The minimum Gasteiger partial charge on any atom is -0.450 e. The molecule has 1 saturated heterocycles. The molecule has 0 atom stereocenters. The van der Waals surface area contributed by atoms with Crippen LogP contribution in [0.1, 0.15) is 22.8 Å². The largest absolute Gasteiger partial charge is 0.450 e. The Morgan fingerprint density at radius 3 is 2.25 bits per heavy atom. The standard InChI is InChI=1S/C15H16F4N2O3/c1-2-24-14(23)21-7-5-20(6-8-21)13(22)10-3-4-12(16)11(9-10)15(17,18)19/h3-4,9H,2,5-8H2,1H3. The number of benzene rings is 1. The molecule has 5 nitrogen and oxygen atoms in total. The van der Waals surface area contributed by atoms with Crippen molar-refractivity contribution in [3.63, 3.8) is 0 Å². The summed E-state index contributed by atoms with van der Waals surface area (Å²) in [6.45, 7) is 2.67. The van der Waals surface area contributed by atoms with Gasteiger partial charge < -0.3 is 14.5 Å². The lowest BCUT2D eigenvalue weighted by Gasteiger charge is -2.34. The molecule has 24 heavy (non-hydrogen) atoms. The van der Waals surface area contributed by atoms with Gasteiger partial charge in [0.25, 0.3) is 5.91 Å². The van der Waals surface area contributed by atoms with Gasteiger partial charge in [-0.3, -0.25) is 4.79 Å². The number of carbonyl (C=O) groups is 2. The number of halogens is 4. The van der Waals surface area contributed by atoms with Crippen LogP contribution in [0.2, 0.25) is 0 Å². The van der Waals surface area contributed by atoms with Gasteiger partial charge in [0.2, 0.25) is 0 Å². The maximum absolute atomic E-state index is 13.3. The van der Waals surface area contributed by atoms with Crippen molar-refractivity contribution in [1.29, 1.82) is 0 Å². The molecule has 0 aromatic heterocycles. The topological polar surface area (TPSA) is 49.9 Å². The van der Waals surface area contributed by atoms with Gasteiger partial charge in [0.15, 0.2) is 0 Å². The van der Waals surface area contributed by atoms with E-state index in [1.165, 1.54) is 9.80 Å². The predicted octanol–water partition coefficient (Wildman–Crippen LogP) is 2.76. The highest BCUT2D eigenvalue weighted by molar-refractivity contribution is 5.94. The number of hydrogen-bond acceptors (Lipinski definition) is 3. The van der Waals surface area contributed by atoms with Gasteiger partial charge in [-0.05, 0) is 25.1 Å². The summed E-state index contributed by atoms with van der Waals surface area (Å²) >= 11 is 0. The van der Waals surface area contributed by atoms with Crippen molar-refractivity contribution >= 4 is 12.0 Å². The summed E-state index contributed by atoms with van der Waals surface area (Å²) < 4.78 is 56.3. The predicted molar refractivity (Wildman–Crippen MR) is 75.9 cm³/mol. The maximum atomic E-state index is 13.3. The number of alkyl halides is 3. The van der Waals surface area contributed by atoms with Gasteiger partial charge in [-0.15, -0.1) is 0 Å². The van der Waals surface area contributed by atoms with E-state index in [1.807, 2.05) is 0 Å². The molecule has 1 fully saturated rings. The van der Waals surface area contributed by atoms with Crippen molar-refractivity contribution in [3.8, 4) is 0 Å². The van der Waals surface area contributed by atoms with Crippen LogP contribution < -0.4 is 0 Å². The first kappa shape index (κ1) is 18.0. The summed E-state index contributed by atoms with van der Waals surface area (Å²) in [7, 11) is 0. The fourth-order valence-electron chi connectivity index (χ4n) is 2.36. The molecule has 132 valence electrons. The van der Waals surface area contributed by atoms with Crippen molar-refractivity contribution in [2.24, 2.45) is 0 Å². The summed E-state index contributed by atoms with van der Waals surface area (Å²) in [6.07, 6.45) is -5.37. The first-order chi connectivity index (χ1) is 11.2. The Bertz CT molecular complexity index is 626. The summed E-state index contributed by atoms with van der Waals surface area (Å²) in [5.74, 6) is -2.06. The average molecular weight is 348 g/mol. The van der Waals surface area contributed by atoms with Crippen molar-refractivity contribution in [3.05, 3.63) is 35.1 Å². The van der Waals surface area contributed by atoms with Crippen LogP contribution in [0.15, 0.2) is 18.2 Å². The summed E-state index contributed by atoms with van der Waals surface area (Å²) in [6, 6.07) is 2.16. The Hall–Kier alpha value is -2.32. The van der Waals surface area contributed by atoms with E-state index in [1.54, 1.807) is 6.92 Å². The van der Waals surface area contributed by atoms with Crippen LogP contribution >= 0.6 is 0 Å². The van der Waals surface area contributed by atoms with E-state index in [9.17, 15) is 27.2 Å². The third-order valence-corrected chi connectivity index (χ3v) is 3.61. The first-order valence-electron chi connectivity index (χ1n) is 7.31. The number of nitrogens with zero attached hydrogens (tertiary/aromatic N) is 2. The van der Waals surface area contributed by atoms with Crippen LogP contribution in [0.3, 0.4) is 0 Å². The SMILES string of the molecule is CCOC(=O)N1CCN(C(=O)c2ccc(F)c(C(F)(F)F)c2)CC1. The normalized spacial score (nSPS) is 15.4. The molecular formula is C15H16F4N2O3. The lowest BCUT2D eigenvalue weighted by Crippen LogP contribution is -2.50. The average Bonchev–Trinajstić information content (AvgIpc) is 2.54. The molecule has 1 heterocycles. The fourth-order valence-corrected chi connectivity index (χ4v) is 2.36. The van der Waals surface area contributed by atoms with Crippen LogP contribution in [0.4, 0.5) is 22.4 Å². The molecule has 1 aromatic rings. The van der Waals surface area contributed by atoms with Crippen molar-refractivity contribution in [1.82, 2.24) is 9.80 Å². The van der Waals surface area contributed by atoms with Gasteiger partial charge in [-0.1, -0.05) is 0 Å². The van der Waals surface area contributed by atoms with Crippen molar-refractivity contribution < 1.29 is 31.9 Å². The Morgan fingerprint density at radius 2 is 1.71 bits per heavy atom. The molecule has 0 spiro atoms. The zero-order valence-corrected chi connectivity index (χ0v) is 12.9. The molecule has 1 aliphatic heterocycles. The van der Waals surface area contributed by atoms with E-state index in [4.69, 9.17) is 4.74 Å². The van der Waals surface area contributed by atoms with E-state index in [2.05, 4.69) is 0 Å². The lowest BCUT2D eigenvalue weighted by molar-refractivity contribution is -0.140. The van der Waals surface area contributed by atoms with Crippen LogP contribution in [0.25, 0.3) is 0 Å². The zero-order chi connectivity index (χ0) is 17.9. The van der Waals surface area contributed by atoms with E-state index < -0.39 is 29.6 Å². The molecule has 0 radical (unpaired) electrons. The van der Waals surface area contributed by atoms with Crippen LogP contribution in [-0.4, -0.2) is 54.6 Å². The smallest absolute Gasteiger partial charge is 0.419 e. The second-order valence-electron chi connectivity index (χ2n) is 5.17. The van der Waals surface area contributed by atoms with Gasteiger partial charge in [0, 0.05) is 31.7 Å². The number of amides is 2. The highest BCUT2D eigenvalue weighted by Gasteiger charge is 2.35. The monoisotopic (exact) mass is 348 g/mol. The molecule has 0 aliphatic carbocycles. The van der Waals surface area contributed by atoms with E-state index in [-0.39, 0.29) is 38.3 Å². The highest BCUT2D eigenvalue weighted by atomic mass is 19.4. The van der Waals surface area contributed by atoms with Crippen molar-refractivity contribution in [2.75, 3.05) is 32.8 Å². The van der Waals surface area contributed by atoms with Crippen LogP contribution in [-0.2, 0) is 10.9 Å². The molecule has 1 aromatic carbocycles. The van der Waals surface area contributed by atoms with E-state index in [0.717, 1.165) is 6.07 Å². The first-order valence-corrected chi connectivity index (χ1v) is 7.31. The molecular weight excluding hydrogens is 332 g/mol. The van der Waals surface area contributed by atoms with Gasteiger partial charge >= 0.3 is 12.3 Å². The third-order valence-electron chi connectivity index (χ3n) is 3.61. The highest BCUT2D eigenvalue weighted by Crippen LogP contribution is 2.32. The second-order valence-corrected chi connectivity index (χ2v) is 5.17. The number of carbonyl (C=O) groups excluding carboxylic acids is 2. The molecule has 1 aliphatic rings. The Morgan fingerprint density at radius 1 is 1.12 bits per heavy atom. The minimum atomic E-state index is -4.87. The van der Waals surface area contributed by atoms with Gasteiger partial charge in [-0.25, -0.2) is 9.18 Å². The number of rotatable bonds is 2. The maximum Gasteiger partial charge on any atom is 0.419 e. The van der Waals surface area contributed by atoms with Crippen LogP contribution in [0.5, 0.6) is 0 Å². The molecule has 0 bridgehead atoms. The van der Waals surface area contributed by atoms with Gasteiger partial charge in [-0.2, -0.15) is 13.2 Å². The second kappa shape index (κ2) is 7.06. The molecule has 0 saturated carbocycles. The number of ether oxygens (including phenoxy) is 1. The molecule has 0 N–H and O–H groups in total. The van der Waals surface area contributed by atoms with E-state index in [0.29, 0.717) is 12.1 Å². The molecule has 9 heteroatoms. The minimum absolute atomic E-state index is 0.163. The third kappa shape index (κ3) is 3.95. The van der Waals surface area contributed by atoms with Gasteiger partial charge in [0.1, 0.15) is 5.82 Å². The lowest BCUT2D eigenvalue weighted by atomic mass is 10.1. The number of piperazine rings is 1. The summed E-state index contributed by atoms with van der Waals surface area (Å²) in [5.41, 5.74) is -1.72. The summed E-state index contributed by atoms with van der Waals surface area (Å²) in [4.78, 5) is 26.6. The Labute approximate surface area is 135 Å². The van der Waals surface area contributed by atoms with Crippen molar-refractivity contribution in [2.45, 2.75) is 13.1 Å². The molecule has 2 amide bonds. The van der Waals surface area contributed by atoms with E-state index >= 15 is 0 Å². The summed E-state index contributed by atoms with van der Waals surface area (Å²) in [5, 5.41) is 0. The molecule has 0 unspecified atom stereocenters. The molecule has 2 rings (SSSR count). The fraction of sp³-hybridized carbons (Fsp3) is 0.467. The van der Waals surface area contributed by atoms with Gasteiger partial charge in [0.05, 0.1) is 12.2 Å². The zero-order valence-electron chi connectivity index (χ0n) is 12.9. The quantitative estimate of drug-likeness (QED) is 0.773. The number of hydrogen-bond donors (Lipinski definition) is 0. The Kier molecular flexibility index (Phi) is 5.30.